The molecule has 1 aromatic rings. The Morgan fingerprint density at radius 1 is 1.33 bits per heavy atom. The summed E-state index contributed by atoms with van der Waals surface area (Å²) in [6, 6.07) is 6.65. The van der Waals surface area contributed by atoms with Gasteiger partial charge in [-0.2, -0.15) is 0 Å². The van der Waals surface area contributed by atoms with E-state index in [9.17, 15) is 0 Å². The molecule has 21 heavy (non-hydrogen) atoms. The van der Waals surface area contributed by atoms with Crippen molar-refractivity contribution < 1.29 is 4.74 Å². The number of hydrogen-bond donors (Lipinski definition) is 1. The molecular weight excluding hydrogens is 284 g/mol. The number of hydrogen-bond acceptors (Lipinski definition) is 3. The Labute approximate surface area is 133 Å². The van der Waals surface area contributed by atoms with Gasteiger partial charge in [-0.25, -0.2) is 0 Å². The molecule has 1 atom stereocenters. The van der Waals surface area contributed by atoms with Crippen LogP contribution in [0.3, 0.4) is 0 Å². The van der Waals surface area contributed by atoms with Gasteiger partial charge in [-0.15, -0.1) is 0 Å². The fraction of sp³-hybridized carbons (Fsp3) is 0.647. The van der Waals surface area contributed by atoms with Crippen LogP contribution in [0.15, 0.2) is 18.2 Å². The van der Waals surface area contributed by atoms with Crippen LogP contribution in [0.2, 0.25) is 5.02 Å². The summed E-state index contributed by atoms with van der Waals surface area (Å²) in [4.78, 5) is 2.51. The molecule has 0 amide bonds. The van der Waals surface area contributed by atoms with Crippen LogP contribution in [0.4, 0.5) is 0 Å². The van der Waals surface area contributed by atoms with Crippen molar-refractivity contribution in [1.29, 1.82) is 0 Å². The Morgan fingerprint density at radius 2 is 2.00 bits per heavy atom. The minimum absolute atomic E-state index is 0.0123. The monoisotopic (exact) mass is 310 g/mol. The highest BCUT2D eigenvalue weighted by molar-refractivity contribution is 6.31. The molecule has 1 fully saturated rings. The number of likely N-dealkylation sites (N-methyl/N-ethyl adjacent to an activating group) is 1. The average molecular weight is 311 g/mol. The third-order valence-corrected chi connectivity index (χ3v) is 4.88. The number of nitrogens with zero attached hydrogens (tertiary/aromatic N) is 1. The third kappa shape index (κ3) is 3.78. The van der Waals surface area contributed by atoms with E-state index < -0.39 is 0 Å². The van der Waals surface area contributed by atoms with Crippen LogP contribution in [0.1, 0.15) is 37.9 Å². The molecule has 1 saturated heterocycles. The van der Waals surface area contributed by atoms with Gasteiger partial charge in [0.2, 0.25) is 0 Å². The van der Waals surface area contributed by atoms with Gasteiger partial charge < -0.3 is 10.1 Å². The van der Waals surface area contributed by atoms with Crippen molar-refractivity contribution in [2.24, 2.45) is 0 Å². The van der Waals surface area contributed by atoms with E-state index >= 15 is 0 Å². The predicted octanol–water partition coefficient (Wildman–Crippen LogP) is 3.41. The van der Waals surface area contributed by atoms with Gasteiger partial charge in [0.05, 0.1) is 19.3 Å². The quantitative estimate of drug-likeness (QED) is 0.902. The van der Waals surface area contributed by atoms with Crippen molar-refractivity contribution >= 4 is 11.6 Å². The lowest BCUT2D eigenvalue weighted by Gasteiger charge is -2.46. The highest BCUT2D eigenvalue weighted by atomic mass is 35.5. The number of morpholine rings is 1. The Hall–Kier alpha value is -0.610. The SMILES string of the molecule is CCNC(c1ccc(C)c(Cl)c1)C(C)(C)N1CCOCC1. The molecule has 0 bridgehead atoms. The second-order valence-corrected chi connectivity index (χ2v) is 6.66. The summed E-state index contributed by atoms with van der Waals surface area (Å²) in [5, 5.41) is 4.48. The van der Waals surface area contributed by atoms with Crippen molar-refractivity contribution in [3.63, 3.8) is 0 Å². The number of ether oxygens (including phenoxy) is 1. The number of halogens is 1. The van der Waals surface area contributed by atoms with Crippen LogP contribution < -0.4 is 5.32 Å². The van der Waals surface area contributed by atoms with Crippen LogP contribution in [-0.4, -0.2) is 43.3 Å². The third-order valence-electron chi connectivity index (χ3n) is 4.47. The first-order valence-electron chi connectivity index (χ1n) is 7.79. The highest BCUT2D eigenvalue weighted by Gasteiger charge is 2.36. The lowest BCUT2D eigenvalue weighted by atomic mass is 9.86. The van der Waals surface area contributed by atoms with Gasteiger partial charge >= 0.3 is 0 Å². The summed E-state index contributed by atoms with van der Waals surface area (Å²) in [6.07, 6.45) is 0. The molecule has 2 rings (SSSR count). The van der Waals surface area contributed by atoms with Crippen LogP contribution in [-0.2, 0) is 4.74 Å². The van der Waals surface area contributed by atoms with Crippen LogP contribution in [0.5, 0.6) is 0 Å². The van der Waals surface area contributed by atoms with Crippen LogP contribution in [0, 0.1) is 6.92 Å². The number of aryl methyl sites for hydroxylation is 1. The van der Waals surface area contributed by atoms with E-state index in [1.165, 1.54) is 5.56 Å². The molecule has 1 unspecified atom stereocenters. The van der Waals surface area contributed by atoms with Gasteiger partial charge in [0, 0.05) is 23.7 Å². The molecule has 1 N–H and O–H groups in total. The molecule has 3 nitrogen and oxygen atoms in total. The lowest BCUT2D eigenvalue weighted by molar-refractivity contribution is -0.0236. The molecule has 4 heteroatoms. The standard InChI is InChI=1S/C17H27ClN2O/c1-5-19-16(14-7-6-13(2)15(18)12-14)17(3,4)20-8-10-21-11-9-20/h6-7,12,16,19H,5,8-11H2,1-4H3. The van der Waals surface area contributed by atoms with Crippen molar-refractivity contribution in [2.45, 2.75) is 39.3 Å². The molecule has 0 radical (unpaired) electrons. The van der Waals surface area contributed by atoms with E-state index in [4.69, 9.17) is 16.3 Å². The molecule has 0 saturated carbocycles. The second-order valence-electron chi connectivity index (χ2n) is 6.25. The zero-order valence-electron chi connectivity index (χ0n) is 13.6. The Balaban J connectivity index is 2.29. The maximum atomic E-state index is 6.33. The van der Waals surface area contributed by atoms with Gasteiger partial charge in [0.25, 0.3) is 0 Å². The molecule has 0 aromatic heterocycles. The number of rotatable bonds is 5. The smallest absolute Gasteiger partial charge is 0.0594 e. The summed E-state index contributed by atoms with van der Waals surface area (Å²) in [5.74, 6) is 0. The Bertz CT molecular complexity index is 470. The van der Waals surface area contributed by atoms with E-state index in [2.05, 4.69) is 49.2 Å². The summed E-state index contributed by atoms with van der Waals surface area (Å²) in [6.45, 7) is 13.3. The minimum Gasteiger partial charge on any atom is -0.379 e. The maximum Gasteiger partial charge on any atom is 0.0594 e. The van der Waals surface area contributed by atoms with Crippen LogP contribution in [0.25, 0.3) is 0 Å². The maximum absolute atomic E-state index is 6.33. The topological polar surface area (TPSA) is 24.5 Å². The number of nitrogens with one attached hydrogen (secondary N) is 1. The molecule has 0 spiro atoms. The first-order chi connectivity index (χ1) is 9.96. The second kappa shape index (κ2) is 7.10. The van der Waals surface area contributed by atoms with E-state index in [0.29, 0.717) is 0 Å². The first kappa shape index (κ1) is 16.8. The van der Waals surface area contributed by atoms with E-state index in [-0.39, 0.29) is 11.6 Å². The Morgan fingerprint density at radius 3 is 2.57 bits per heavy atom. The molecule has 0 aliphatic carbocycles. The summed E-state index contributed by atoms with van der Waals surface area (Å²) < 4.78 is 5.49. The molecule has 118 valence electrons. The number of benzene rings is 1. The minimum atomic E-state index is 0.0123. The van der Waals surface area contributed by atoms with Crippen molar-refractivity contribution in [3.8, 4) is 0 Å². The molecule has 1 aliphatic heterocycles. The summed E-state index contributed by atoms with van der Waals surface area (Å²) in [5.41, 5.74) is 2.39. The van der Waals surface area contributed by atoms with Gasteiger partial charge in [0.1, 0.15) is 0 Å². The average Bonchev–Trinajstić information content (AvgIpc) is 2.48. The summed E-state index contributed by atoms with van der Waals surface area (Å²) >= 11 is 6.33. The van der Waals surface area contributed by atoms with Crippen molar-refractivity contribution in [2.75, 3.05) is 32.8 Å². The Kier molecular flexibility index (Phi) is 5.67. The van der Waals surface area contributed by atoms with Gasteiger partial charge in [-0.05, 0) is 44.5 Å². The lowest BCUT2D eigenvalue weighted by Crippen LogP contribution is -2.56. The summed E-state index contributed by atoms with van der Waals surface area (Å²) in [7, 11) is 0. The normalized spacial score (nSPS) is 18.7. The fourth-order valence-corrected chi connectivity index (χ4v) is 3.28. The molecule has 1 heterocycles. The molecule has 1 aromatic carbocycles. The largest absolute Gasteiger partial charge is 0.379 e. The molecular formula is C17H27ClN2O. The predicted molar refractivity (Wildman–Crippen MR) is 89.1 cm³/mol. The van der Waals surface area contributed by atoms with E-state index in [1.54, 1.807) is 0 Å². The van der Waals surface area contributed by atoms with Crippen molar-refractivity contribution in [3.05, 3.63) is 34.3 Å². The molecule has 1 aliphatic rings. The zero-order valence-corrected chi connectivity index (χ0v) is 14.3. The van der Waals surface area contributed by atoms with Crippen LogP contribution >= 0.6 is 11.6 Å². The first-order valence-corrected chi connectivity index (χ1v) is 8.17. The highest BCUT2D eigenvalue weighted by Crippen LogP contribution is 2.33. The van der Waals surface area contributed by atoms with Gasteiger partial charge in [-0.3, -0.25) is 4.90 Å². The van der Waals surface area contributed by atoms with Crippen molar-refractivity contribution in [1.82, 2.24) is 10.2 Å². The van der Waals surface area contributed by atoms with Gasteiger partial charge in [0.15, 0.2) is 0 Å². The van der Waals surface area contributed by atoms with E-state index in [0.717, 1.165) is 43.4 Å². The fourth-order valence-electron chi connectivity index (χ4n) is 3.09. The van der Waals surface area contributed by atoms with Gasteiger partial charge in [-0.1, -0.05) is 30.7 Å². The zero-order chi connectivity index (χ0) is 15.5. The van der Waals surface area contributed by atoms with E-state index in [1.807, 2.05) is 6.92 Å².